The summed E-state index contributed by atoms with van der Waals surface area (Å²) < 4.78 is 7.44. The number of carbonyl (C=O) groups is 1. The van der Waals surface area contributed by atoms with Crippen molar-refractivity contribution >= 4 is 44.9 Å². The number of nitrogens with one attached hydrogen (secondary N) is 1. The fourth-order valence-corrected chi connectivity index (χ4v) is 3.90. The maximum absolute atomic E-state index is 12.3. The molecule has 4 rings (SSSR count). The molecule has 1 atom stereocenters. The third kappa shape index (κ3) is 3.02. The first-order chi connectivity index (χ1) is 11.7. The molecule has 0 spiro atoms. The molecule has 24 heavy (non-hydrogen) atoms. The van der Waals surface area contributed by atoms with Gasteiger partial charge < -0.3 is 9.30 Å². The van der Waals surface area contributed by atoms with Crippen LogP contribution in [0.25, 0.3) is 10.9 Å². The highest BCUT2D eigenvalue weighted by Crippen LogP contribution is 2.32. The summed E-state index contributed by atoms with van der Waals surface area (Å²) in [6.45, 7) is 0.952. The van der Waals surface area contributed by atoms with E-state index in [-0.39, 0.29) is 18.6 Å². The fourth-order valence-electron chi connectivity index (χ4n) is 2.82. The molecule has 2 aromatic heterocycles. The number of benzene rings is 1. The van der Waals surface area contributed by atoms with E-state index < -0.39 is 0 Å². The van der Waals surface area contributed by atoms with Crippen molar-refractivity contribution < 1.29 is 9.53 Å². The van der Waals surface area contributed by atoms with E-state index in [2.05, 4.69) is 15.5 Å². The van der Waals surface area contributed by atoms with Gasteiger partial charge in [-0.3, -0.25) is 10.1 Å². The lowest BCUT2D eigenvalue weighted by molar-refractivity contribution is -0.116. The summed E-state index contributed by atoms with van der Waals surface area (Å²) in [5.41, 5.74) is 0.926. The van der Waals surface area contributed by atoms with Crippen LogP contribution in [-0.2, 0) is 16.1 Å². The zero-order chi connectivity index (χ0) is 16.5. The number of carbonyl (C=O) groups excluding carboxylic acids is 1. The van der Waals surface area contributed by atoms with Gasteiger partial charge in [-0.05, 0) is 31.0 Å². The Morgan fingerprint density at radius 3 is 3.17 bits per heavy atom. The molecule has 0 bridgehead atoms. The second kappa shape index (κ2) is 6.51. The molecular weight excluding hydrogens is 348 g/mol. The van der Waals surface area contributed by atoms with Crippen molar-refractivity contribution in [1.82, 2.24) is 14.8 Å². The van der Waals surface area contributed by atoms with E-state index in [1.54, 1.807) is 0 Å². The largest absolute Gasteiger partial charge is 0.371 e. The number of ether oxygens (including phenoxy) is 1. The first kappa shape index (κ1) is 15.6. The third-order valence-corrected chi connectivity index (χ3v) is 5.23. The number of halogens is 1. The van der Waals surface area contributed by atoms with Crippen LogP contribution >= 0.6 is 22.9 Å². The maximum atomic E-state index is 12.3. The molecule has 0 radical (unpaired) electrons. The van der Waals surface area contributed by atoms with Gasteiger partial charge in [-0.1, -0.05) is 29.0 Å². The van der Waals surface area contributed by atoms with Gasteiger partial charge in [-0.15, -0.1) is 10.2 Å². The van der Waals surface area contributed by atoms with Gasteiger partial charge in [0.25, 0.3) is 0 Å². The topological polar surface area (TPSA) is 69.0 Å². The van der Waals surface area contributed by atoms with Crippen LogP contribution in [0.1, 0.15) is 24.0 Å². The number of amides is 1. The first-order valence-electron chi connectivity index (χ1n) is 7.69. The van der Waals surface area contributed by atoms with Crippen LogP contribution in [0.4, 0.5) is 5.13 Å². The van der Waals surface area contributed by atoms with Crippen molar-refractivity contribution in [2.45, 2.75) is 25.5 Å². The molecule has 1 aliphatic rings. The molecule has 1 aliphatic heterocycles. The molecule has 1 aromatic carbocycles. The molecule has 0 aliphatic carbocycles. The number of rotatable bonds is 4. The number of aromatic nitrogens is 3. The van der Waals surface area contributed by atoms with Gasteiger partial charge in [0, 0.05) is 28.7 Å². The minimum atomic E-state index is -0.150. The smallest absolute Gasteiger partial charge is 0.246 e. The zero-order valence-corrected chi connectivity index (χ0v) is 14.3. The van der Waals surface area contributed by atoms with Gasteiger partial charge >= 0.3 is 0 Å². The Morgan fingerprint density at radius 2 is 2.33 bits per heavy atom. The van der Waals surface area contributed by atoms with Crippen LogP contribution in [-0.4, -0.2) is 27.3 Å². The maximum Gasteiger partial charge on any atom is 0.246 e. The molecule has 1 fully saturated rings. The number of hydrogen-bond donors (Lipinski definition) is 1. The Kier molecular flexibility index (Phi) is 4.22. The number of nitrogens with zero attached hydrogens (tertiary/aromatic N) is 3. The summed E-state index contributed by atoms with van der Waals surface area (Å²) in [5.74, 6) is -0.150. The summed E-state index contributed by atoms with van der Waals surface area (Å²) in [5, 5.41) is 13.9. The van der Waals surface area contributed by atoms with Gasteiger partial charge in [0.15, 0.2) is 0 Å². The monoisotopic (exact) mass is 362 g/mol. The van der Waals surface area contributed by atoms with Crippen LogP contribution in [0.3, 0.4) is 0 Å². The van der Waals surface area contributed by atoms with Gasteiger partial charge in [-0.25, -0.2) is 0 Å². The Bertz CT molecular complexity index is 885. The van der Waals surface area contributed by atoms with E-state index in [0.717, 1.165) is 35.4 Å². The average molecular weight is 363 g/mol. The molecule has 1 saturated heterocycles. The Hall–Kier alpha value is -1.96. The molecule has 1 amide bonds. The highest BCUT2D eigenvalue weighted by Gasteiger charge is 2.22. The second-order valence-electron chi connectivity index (χ2n) is 5.61. The van der Waals surface area contributed by atoms with E-state index >= 15 is 0 Å². The van der Waals surface area contributed by atoms with Gasteiger partial charge in [0.2, 0.25) is 11.0 Å². The summed E-state index contributed by atoms with van der Waals surface area (Å²) in [6.07, 6.45) is 3.87. The van der Waals surface area contributed by atoms with Gasteiger partial charge in [0.1, 0.15) is 17.7 Å². The summed E-state index contributed by atoms with van der Waals surface area (Å²) in [6, 6.07) is 7.56. The van der Waals surface area contributed by atoms with E-state index in [4.69, 9.17) is 16.3 Å². The Labute approximate surface area is 147 Å². The Balaban J connectivity index is 1.45. The fraction of sp³-hybridized carbons (Fsp3) is 0.312. The predicted molar refractivity (Wildman–Crippen MR) is 93.4 cm³/mol. The van der Waals surface area contributed by atoms with E-state index in [0.29, 0.717) is 10.2 Å². The van der Waals surface area contributed by atoms with Crippen LogP contribution in [0.15, 0.2) is 30.5 Å². The van der Waals surface area contributed by atoms with Crippen molar-refractivity contribution in [3.8, 4) is 0 Å². The quantitative estimate of drug-likeness (QED) is 0.769. The average Bonchev–Trinajstić information content (AvgIpc) is 3.28. The molecule has 8 heteroatoms. The number of fused-ring (bicyclic) bond motifs is 1. The summed E-state index contributed by atoms with van der Waals surface area (Å²) in [7, 11) is 0. The van der Waals surface area contributed by atoms with Crippen LogP contribution < -0.4 is 5.32 Å². The minimum absolute atomic E-state index is 0.0173. The van der Waals surface area contributed by atoms with E-state index in [9.17, 15) is 4.79 Å². The molecule has 124 valence electrons. The SMILES string of the molecule is O=C(Cn1ccc2c(Cl)cccc21)Nc1nnc(C2CCCO2)s1. The molecule has 1 N–H and O–H groups in total. The predicted octanol–water partition coefficient (Wildman–Crippen LogP) is 3.64. The highest BCUT2D eigenvalue weighted by atomic mass is 35.5. The van der Waals surface area contributed by atoms with Gasteiger partial charge in [-0.2, -0.15) is 0 Å². The second-order valence-corrected chi connectivity index (χ2v) is 7.03. The lowest BCUT2D eigenvalue weighted by Crippen LogP contribution is -2.18. The summed E-state index contributed by atoms with van der Waals surface area (Å²) in [4.78, 5) is 12.3. The van der Waals surface area contributed by atoms with Crippen molar-refractivity contribution in [3.05, 3.63) is 40.5 Å². The van der Waals surface area contributed by atoms with Crippen molar-refractivity contribution in [2.24, 2.45) is 0 Å². The number of hydrogen-bond acceptors (Lipinski definition) is 5. The minimum Gasteiger partial charge on any atom is -0.371 e. The zero-order valence-electron chi connectivity index (χ0n) is 12.7. The van der Waals surface area contributed by atoms with Crippen LogP contribution in [0, 0.1) is 0 Å². The van der Waals surface area contributed by atoms with Crippen molar-refractivity contribution in [2.75, 3.05) is 11.9 Å². The van der Waals surface area contributed by atoms with E-state index in [1.807, 2.05) is 35.0 Å². The van der Waals surface area contributed by atoms with Crippen LogP contribution in [0.2, 0.25) is 5.02 Å². The molecule has 6 nitrogen and oxygen atoms in total. The van der Waals surface area contributed by atoms with E-state index in [1.165, 1.54) is 11.3 Å². The van der Waals surface area contributed by atoms with Crippen molar-refractivity contribution in [3.63, 3.8) is 0 Å². The first-order valence-corrected chi connectivity index (χ1v) is 8.88. The van der Waals surface area contributed by atoms with Crippen LogP contribution in [0.5, 0.6) is 0 Å². The van der Waals surface area contributed by atoms with Crippen molar-refractivity contribution in [1.29, 1.82) is 0 Å². The molecule has 3 heterocycles. The standard InChI is InChI=1S/C16H15ClN4O2S/c17-11-3-1-4-12-10(11)6-7-21(12)9-14(22)18-16-20-19-15(24-16)13-5-2-8-23-13/h1,3-4,6-7,13H,2,5,8-9H2,(H,18,20,22). The highest BCUT2D eigenvalue weighted by molar-refractivity contribution is 7.15. The molecule has 3 aromatic rings. The molecular formula is C16H15ClN4O2S. The molecule has 0 saturated carbocycles. The third-order valence-electron chi connectivity index (χ3n) is 3.97. The van der Waals surface area contributed by atoms with Gasteiger partial charge in [0.05, 0.1) is 0 Å². The summed E-state index contributed by atoms with van der Waals surface area (Å²) >= 11 is 7.53. The number of anilines is 1. The lowest BCUT2D eigenvalue weighted by Gasteiger charge is -2.05. The lowest BCUT2D eigenvalue weighted by atomic mass is 10.2. The Morgan fingerprint density at radius 1 is 1.42 bits per heavy atom. The molecule has 1 unspecified atom stereocenters. The normalized spacial score (nSPS) is 17.5.